The molecule has 0 radical (unpaired) electrons. The summed E-state index contributed by atoms with van der Waals surface area (Å²) in [6, 6.07) is 9.22. The highest BCUT2D eigenvalue weighted by Gasteiger charge is 2.32. The van der Waals surface area contributed by atoms with Crippen molar-refractivity contribution in [2.75, 3.05) is 46.3 Å². The summed E-state index contributed by atoms with van der Waals surface area (Å²) in [5.74, 6) is 0. The van der Waals surface area contributed by atoms with Crippen molar-refractivity contribution in [2.45, 2.75) is 25.4 Å². The van der Waals surface area contributed by atoms with E-state index in [-0.39, 0.29) is 0 Å². The number of likely N-dealkylation sites (tertiary alicyclic amines) is 1. The quantitative estimate of drug-likeness (QED) is 0.589. The second kappa shape index (κ2) is 7.10. The lowest BCUT2D eigenvalue weighted by molar-refractivity contribution is -1.02. The predicted molar refractivity (Wildman–Crippen MR) is 86.2 cm³/mol. The van der Waals surface area contributed by atoms with Crippen LogP contribution in [0.1, 0.15) is 18.4 Å². The minimum atomic E-state index is 0.910. The van der Waals surface area contributed by atoms with Crippen molar-refractivity contribution >= 4 is 11.6 Å². The number of piperazine rings is 1. The van der Waals surface area contributed by atoms with Crippen LogP contribution in [0.2, 0.25) is 5.02 Å². The van der Waals surface area contributed by atoms with Gasteiger partial charge in [0.2, 0.25) is 0 Å². The monoisotopic (exact) mass is 310 g/mol. The molecule has 0 atom stereocenters. The third kappa shape index (κ3) is 3.98. The summed E-state index contributed by atoms with van der Waals surface area (Å²) < 4.78 is 0. The molecule has 0 spiro atoms. The molecule has 2 heterocycles. The van der Waals surface area contributed by atoms with Crippen LogP contribution in [0.3, 0.4) is 0 Å². The molecule has 21 heavy (non-hydrogen) atoms. The number of piperidine rings is 1. The Hall–Kier alpha value is -0.610. The van der Waals surface area contributed by atoms with Gasteiger partial charge in [-0.2, -0.15) is 0 Å². The van der Waals surface area contributed by atoms with E-state index in [1.165, 1.54) is 57.7 Å². The number of hydrogen-bond acceptors (Lipinski definition) is 0. The van der Waals surface area contributed by atoms with Crippen molar-refractivity contribution in [3.63, 3.8) is 0 Å². The van der Waals surface area contributed by atoms with E-state index in [4.69, 9.17) is 11.6 Å². The fourth-order valence-electron chi connectivity index (χ4n) is 3.93. The summed E-state index contributed by atoms with van der Waals surface area (Å²) >= 11 is 6.29. The summed E-state index contributed by atoms with van der Waals surface area (Å²) in [4.78, 5) is 5.29. The molecule has 0 unspecified atom stereocenters. The Morgan fingerprint density at radius 1 is 1.00 bits per heavy atom. The molecule has 0 bridgehead atoms. The average molecular weight is 311 g/mol. The normalized spacial score (nSPS) is 33.8. The number of rotatable bonds is 3. The first-order valence-electron chi connectivity index (χ1n) is 8.45. The van der Waals surface area contributed by atoms with Gasteiger partial charge in [-0.15, -0.1) is 0 Å². The highest BCUT2D eigenvalue weighted by atomic mass is 35.5. The molecule has 4 heteroatoms. The Morgan fingerprint density at radius 2 is 1.67 bits per heavy atom. The average Bonchev–Trinajstić information content (AvgIpc) is 2.51. The molecular weight excluding hydrogens is 282 g/mol. The molecule has 3 N–H and O–H groups in total. The van der Waals surface area contributed by atoms with Crippen LogP contribution in [-0.4, -0.2) is 52.4 Å². The smallest absolute Gasteiger partial charge is 0.127 e. The van der Waals surface area contributed by atoms with Crippen LogP contribution in [0.5, 0.6) is 0 Å². The zero-order chi connectivity index (χ0) is 14.7. The molecule has 3 nitrogen and oxygen atoms in total. The maximum Gasteiger partial charge on any atom is 0.127 e. The predicted octanol–water partition coefficient (Wildman–Crippen LogP) is -1.70. The fraction of sp³-hybridized carbons (Fsp3) is 0.647. The first-order chi connectivity index (χ1) is 10.2. The van der Waals surface area contributed by atoms with Gasteiger partial charge in [0.05, 0.1) is 26.2 Å². The lowest BCUT2D eigenvalue weighted by Crippen LogP contribution is -3.29. The summed E-state index contributed by atoms with van der Waals surface area (Å²) in [5, 5.41) is 0.930. The van der Waals surface area contributed by atoms with E-state index in [0.717, 1.165) is 17.6 Å². The van der Waals surface area contributed by atoms with E-state index in [0.29, 0.717) is 0 Å². The second-order valence-corrected chi connectivity index (χ2v) is 7.32. The maximum atomic E-state index is 6.29. The first-order valence-corrected chi connectivity index (χ1v) is 8.83. The van der Waals surface area contributed by atoms with Crippen molar-refractivity contribution in [3.8, 4) is 0 Å². The molecule has 116 valence electrons. The van der Waals surface area contributed by atoms with Crippen molar-refractivity contribution in [1.29, 1.82) is 0 Å². The topological polar surface area (TPSA) is 13.3 Å². The van der Waals surface area contributed by atoms with E-state index < -0.39 is 0 Å². The highest BCUT2D eigenvalue weighted by Crippen LogP contribution is 2.13. The molecule has 0 aliphatic carbocycles. The Bertz CT molecular complexity index is 449. The zero-order valence-electron chi connectivity index (χ0n) is 13.1. The SMILES string of the molecule is C[NH+]1CC[NH+](C2CC[NH+](Cc3ccccc3Cl)CC2)CC1. The van der Waals surface area contributed by atoms with Gasteiger partial charge < -0.3 is 14.7 Å². The molecule has 2 aliphatic heterocycles. The van der Waals surface area contributed by atoms with Crippen LogP contribution in [0, 0.1) is 0 Å². The van der Waals surface area contributed by atoms with Gasteiger partial charge >= 0.3 is 0 Å². The lowest BCUT2D eigenvalue weighted by atomic mass is 10.0. The van der Waals surface area contributed by atoms with Crippen molar-refractivity contribution < 1.29 is 14.7 Å². The third-order valence-electron chi connectivity index (χ3n) is 5.41. The van der Waals surface area contributed by atoms with Crippen molar-refractivity contribution in [2.24, 2.45) is 0 Å². The number of likely N-dealkylation sites (N-methyl/N-ethyl adjacent to an activating group) is 1. The molecule has 3 rings (SSSR count). The molecule has 2 saturated heterocycles. The van der Waals surface area contributed by atoms with Crippen LogP contribution in [-0.2, 0) is 6.54 Å². The van der Waals surface area contributed by atoms with E-state index in [2.05, 4.69) is 19.2 Å². The Kier molecular flexibility index (Phi) is 5.17. The first kappa shape index (κ1) is 15.3. The largest absolute Gasteiger partial charge is 0.331 e. The molecule has 2 fully saturated rings. The van der Waals surface area contributed by atoms with Crippen LogP contribution >= 0.6 is 11.6 Å². The summed E-state index contributed by atoms with van der Waals surface area (Å²) in [6.07, 6.45) is 2.77. The van der Waals surface area contributed by atoms with E-state index in [1.807, 2.05) is 17.0 Å². The molecular formula is C17H29ClN3+3. The molecule has 0 saturated carbocycles. The standard InChI is InChI=1S/C17H26ClN3/c1-19-10-12-21(13-11-19)16-6-8-20(9-7-16)14-15-4-2-3-5-17(15)18/h2-5,16H,6-14H2,1H3/p+3. The Morgan fingerprint density at radius 3 is 2.33 bits per heavy atom. The van der Waals surface area contributed by atoms with Crippen LogP contribution in [0.15, 0.2) is 24.3 Å². The zero-order valence-corrected chi connectivity index (χ0v) is 13.9. The Balaban J connectivity index is 1.48. The van der Waals surface area contributed by atoms with Crippen LogP contribution in [0.4, 0.5) is 0 Å². The van der Waals surface area contributed by atoms with Gasteiger partial charge in [-0.3, -0.25) is 0 Å². The number of nitrogens with one attached hydrogen (secondary N) is 3. The third-order valence-corrected chi connectivity index (χ3v) is 5.78. The van der Waals surface area contributed by atoms with E-state index in [1.54, 1.807) is 9.80 Å². The van der Waals surface area contributed by atoms with Gasteiger partial charge in [0.25, 0.3) is 0 Å². The van der Waals surface area contributed by atoms with E-state index in [9.17, 15) is 0 Å². The number of quaternary nitrogens is 3. The van der Waals surface area contributed by atoms with Gasteiger partial charge in [-0.25, -0.2) is 0 Å². The van der Waals surface area contributed by atoms with Gasteiger partial charge in [0, 0.05) is 23.4 Å². The van der Waals surface area contributed by atoms with Gasteiger partial charge in [-0.05, 0) is 6.07 Å². The second-order valence-electron chi connectivity index (χ2n) is 6.91. The van der Waals surface area contributed by atoms with Crippen LogP contribution < -0.4 is 14.7 Å². The molecule has 2 aliphatic rings. The molecule has 1 aromatic carbocycles. The maximum absolute atomic E-state index is 6.29. The van der Waals surface area contributed by atoms with Crippen molar-refractivity contribution in [1.82, 2.24) is 0 Å². The number of hydrogen-bond donors (Lipinski definition) is 3. The van der Waals surface area contributed by atoms with Crippen molar-refractivity contribution in [3.05, 3.63) is 34.9 Å². The van der Waals surface area contributed by atoms with Crippen LogP contribution in [0.25, 0.3) is 0 Å². The highest BCUT2D eigenvalue weighted by molar-refractivity contribution is 6.31. The number of halogens is 1. The minimum Gasteiger partial charge on any atom is -0.331 e. The van der Waals surface area contributed by atoms with Gasteiger partial charge in [0.15, 0.2) is 0 Å². The van der Waals surface area contributed by atoms with E-state index >= 15 is 0 Å². The summed E-state index contributed by atoms with van der Waals surface area (Å²) in [7, 11) is 2.33. The molecule has 1 aromatic rings. The lowest BCUT2D eigenvalue weighted by Gasteiger charge is -2.37. The van der Waals surface area contributed by atoms with Gasteiger partial charge in [-0.1, -0.05) is 29.8 Å². The summed E-state index contributed by atoms with van der Waals surface area (Å²) in [5.41, 5.74) is 1.31. The Labute approximate surface area is 133 Å². The molecule has 0 amide bonds. The molecule has 0 aromatic heterocycles. The summed E-state index contributed by atoms with van der Waals surface area (Å²) in [6.45, 7) is 9.15. The fourth-order valence-corrected chi connectivity index (χ4v) is 4.13. The van der Waals surface area contributed by atoms with Gasteiger partial charge in [0.1, 0.15) is 32.7 Å². The minimum absolute atomic E-state index is 0.910. The number of benzene rings is 1.